The van der Waals surface area contributed by atoms with E-state index >= 15 is 0 Å². The molecule has 0 fully saturated rings. The van der Waals surface area contributed by atoms with Crippen molar-refractivity contribution in [1.82, 2.24) is 19.6 Å². The first-order chi connectivity index (χ1) is 11.4. The summed E-state index contributed by atoms with van der Waals surface area (Å²) in [5, 5.41) is 15.8. The number of nitrogens with one attached hydrogen (secondary N) is 1. The number of nitriles is 1. The Balaban J connectivity index is 1.99. The van der Waals surface area contributed by atoms with Gasteiger partial charge in [0.15, 0.2) is 5.69 Å². The zero-order chi connectivity index (χ0) is 17.3. The summed E-state index contributed by atoms with van der Waals surface area (Å²) < 4.78 is 40.1. The van der Waals surface area contributed by atoms with Crippen LogP contribution in [-0.2, 0) is 6.18 Å². The normalized spacial score (nSPS) is 12.8. The second-order valence-electron chi connectivity index (χ2n) is 5.10. The average molecular weight is 332 g/mol. The van der Waals surface area contributed by atoms with Crippen molar-refractivity contribution >= 4 is 11.6 Å². The van der Waals surface area contributed by atoms with E-state index in [1.807, 2.05) is 6.07 Å². The number of hydrogen-bond acceptors (Lipinski definition) is 5. The van der Waals surface area contributed by atoms with Crippen molar-refractivity contribution in [1.29, 1.82) is 5.26 Å². The number of alkyl halides is 3. The maximum absolute atomic E-state index is 13.0. The van der Waals surface area contributed by atoms with Crippen LogP contribution in [0.1, 0.15) is 29.8 Å². The molecule has 1 unspecified atom stereocenters. The van der Waals surface area contributed by atoms with Gasteiger partial charge in [0, 0.05) is 12.1 Å². The lowest BCUT2D eigenvalue weighted by Crippen LogP contribution is -2.15. The number of rotatable bonds is 3. The van der Waals surface area contributed by atoms with E-state index in [9.17, 15) is 13.2 Å². The summed E-state index contributed by atoms with van der Waals surface area (Å²) in [5.74, 6) is -0.0370. The van der Waals surface area contributed by atoms with Crippen LogP contribution in [0, 0.1) is 11.3 Å². The van der Waals surface area contributed by atoms with E-state index in [-0.39, 0.29) is 17.6 Å². The lowest BCUT2D eigenvalue weighted by atomic mass is 10.1. The van der Waals surface area contributed by atoms with Crippen LogP contribution < -0.4 is 5.32 Å². The molecule has 2 aromatic heterocycles. The highest BCUT2D eigenvalue weighted by Crippen LogP contribution is 2.30. The molecule has 0 saturated heterocycles. The molecule has 0 saturated carbocycles. The van der Waals surface area contributed by atoms with E-state index in [1.165, 1.54) is 4.52 Å². The van der Waals surface area contributed by atoms with Gasteiger partial charge in [-0.2, -0.15) is 33.0 Å². The Morgan fingerprint density at radius 3 is 2.79 bits per heavy atom. The van der Waals surface area contributed by atoms with Gasteiger partial charge in [0.25, 0.3) is 5.78 Å². The Kier molecular flexibility index (Phi) is 3.81. The molecule has 2 heterocycles. The molecule has 0 spiro atoms. The molecular weight excluding hydrogens is 321 g/mol. The molecule has 3 rings (SSSR count). The van der Waals surface area contributed by atoms with Crippen LogP contribution in [0.15, 0.2) is 36.7 Å². The summed E-state index contributed by atoms with van der Waals surface area (Å²) in [6, 6.07) is 9.37. The second-order valence-corrected chi connectivity index (χ2v) is 5.10. The number of hydrogen-bond donors (Lipinski definition) is 1. The fourth-order valence-electron chi connectivity index (χ4n) is 2.24. The predicted molar refractivity (Wildman–Crippen MR) is 79.0 cm³/mol. The van der Waals surface area contributed by atoms with E-state index in [1.54, 1.807) is 31.2 Å². The van der Waals surface area contributed by atoms with Crippen LogP contribution in [0.3, 0.4) is 0 Å². The van der Waals surface area contributed by atoms with Gasteiger partial charge >= 0.3 is 6.18 Å². The van der Waals surface area contributed by atoms with Crippen LogP contribution in [0.4, 0.5) is 19.0 Å². The molecule has 24 heavy (non-hydrogen) atoms. The van der Waals surface area contributed by atoms with Crippen LogP contribution in [0.2, 0.25) is 0 Å². The number of fused-ring (bicyclic) bond motifs is 1. The maximum atomic E-state index is 13.0. The summed E-state index contributed by atoms with van der Waals surface area (Å²) in [4.78, 5) is 7.17. The molecule has 0 amide bonds. The Morgan fingerprint density at radius 2 is 2.08 bits per heavy atom. The summed E-state index contributed by atoms with van der Waals surface area (Å²) in [6.07, 6.45) is -3.46. The molecular formula is C15H11F3N6. The monoisotopic (exact) mass is 332 g/mol. The number of halogens is 3. The molecule has 3 aromatic rings. The highest BCUT2D eigenvalue weighted by Gasteiger charge is 2.34. The minimum atomic E-state index is -4.59. The molecule has 0 aliphatic rings. The minimum Gasteiger partial charge on any atom is -0.363 e. The highest BCUT2D eigenvalue weighted by molar-refractivity contribution is 5.47. The highest BCUT2D eigenvalue weighted by atomic mass is 19.4. The van der Waals surface area contributed by atoms with Crippen molar-refractivity contribution in [3.63, 3.8) is 0 Å². The molecule has 0 bridgehead atoms. The van der Waals surface area contributed by atoms with Gasteiger partial charge in [-0.15, -0.1) is 0 Å². The molecule has 0 aliphatic heterocycles. The van der Waals surface area contributed by atoms with Gasteiger partial charge in [-0.1, -0.05) is 12.1 Å². The fourth-order valence-corrected chi connectivity index (χ4v) is 2.24. The summed E-state index contributed by atoms with van der Waals surface area (Å²) in [5.41, 5.74) is 0.175. The van der Waals surface area contributed by atoms with Gasteiger partial charge in [-0.05, 0) is 24.6 Å². The van der Waals surface area contributed by atoms with Crippen molar-refractivity contribution in [3.05, 3.63) is 53.5 Å². The lowest BCUT2D eigenvalue weighted by Gasteiger charge is -2.17. The average Bonchev–Trinajstić information content (AvgIpc) is 3.03. The largest absolute Gasteiger partial charge is 0.433 e. The lowest BCUT2D eigenvalue weighted by molar-refractivity contribution is -0.141. The first-order valence-corrected chi connectivity index (χ1v) is 6.93. The number of aromatic nitrogens is 4. The van der Waals surface area contributed by atoms with Gasteiger partial charge < -0.3 is 5.32 Å². The van der Waals surface area contributed by atoms with E-state index < -0.39 is 11.9 Å². The second kappa shape index (κ2) is 5.81. The molecule has 1 aromatic carbocycles. The van der Waals surface area contributed by atoms with Crippen molar-refractivity contribution in [2.24, 2.45) is 0 Å². The van der Waals surface area contributed by atoms with Crippen molar-refractivity contribution in [3.8, 4) is 6.07 Å². The first-order valence-electron chi connectivity index (χ1n) is 6.93. The Hall–Kier alpha value is -3.15. The van der Waals surface area contributed by atoms with E-state index in [0.29, 0.717) is 5.56 Å². The quantitative estimate of drug-likeness (QED) is 0.797. The predicted octanol–water partition coefficient (Wildman–Crippen LogP) is 3.19. The topological polar surface area (TPSA) is 78.9 Å². The van der Waals surface area contributed by atoms with Crippen molar-refractivity contribution in [2.75, 3.05) is 5.32 Å². The molecule has 122 valence electrons. The zero-order valence-corrected chi connectivity index (χ0v) is 12.4. The van der Waals surface area contributed by atoms with Crippen LogP contribution in [0.25, 0.3) is 5.78 Å². The zero-order valence-electron chi connectivity index (χ0n) is 12.4. The summed E-state index contributed by atoms with van der Waals surface area (Å²) in [7, 11) is 0. The molecule has 1 N–H and O–H groups in total. The van der Waals surface area contributed by atoms with Crippen LogP contribution >= 0.6 is 0 Å². The van der Waals surface area contributed by atoms with Gasteiger partial charge in [0.2, 0.25) is 0 Å². The Morgan fingerprint density at radius 1 is 1.29 bits per heavy atom. The number of nitrogens with zero attached hydrogens (tertiary/aromatic N) is 5. The fraction of sp³-hybridized carbons (Fsp3) is 0.200. The van der Waals surface area contributed by atoms with Crippen molar-refractivity contribution in [2.45, 2.75) is 19.1 Å². The maximum Gasteiger partial charge on any atom is 0.433 e. The van der Waals surface area contributed by atoms with Crippen LogP contribution in [-0.4, -0.2) is 19.6 Å². The Labute approximate surface area is 134 Å². The smallest absolute Gasteiger partial charge is 0.363 e. The third-order valence-electron chi connectivity index (χ3n) is 3.42. The van der Waals surface area contributed by atoms with Crippen LogP contribution in [0.5, 0.6) is 0 Å². The van der Waals surface area contributed by atoms with E-state index in [4.69, 9.17) is 5.26 Å². The molecule has 1 atom stereocenters. The SMILES string of the molecule is CC(Nc1cc(C(F)(F)F)nc2ncnn12)c1cccc(C#N)c1. The van der Waals surface area contributed by atoms with Gasteiger partial charge in [0.05, 0.1) is 11.6 Å². The third kappa shape index (κ3) is 2.99. The molecule has 0 aliphatic carbocycles. The number of benzene rings is 1. The van der Waals surface area contributed by atoms with Gasteiger partial charge in [0.1, 0.15) is 12.1 Å². The van der Waals surface area contributed by atoms with Gasteiger partial charge in [-0.3, -0.25) is 0 Å². The summed E-state index contributed by atoms with van der Waals surface area (Å²) in [6.45, 7) is 1.77. The summed E-state index contributed by atoms with van der Waals surface area (Å²) >= 11 is 0. The number of anilines is 1. The van der Waals surface area contributed by atoms with E-state index in [2.05, 4.69) is 20.4 Å². The first kappa shape index (κ1) is 15.7. The van der Waals surface area contributed by atoms with E-state index in [0.717, 1.165) is 18.0 Å². The molecule has 6 nitrogen and oxygen atoms in total. The molecule has 0 radical (unpaired) electrons. The standard InChI is InChI=1S/C15H11F3N6/c1-9(11-4-2-3-10(5-11)7-19)22-13-6-12(15(16,17)18)23-14-20-8-21-24(13)14/h2-6,8-9,22H,1H3. The van der Waals surface area contributed by atoms with Crippen molar-refractivity contribution < 1.29 is 13.2 Å². The third-order valence-corrected chi connectivity index (χ3v) is 3.42. The molecule has 9 heteroatoms. The minimum absolute atomic E-state index is 0.111. The van der Waals surface area contributed by atoms with Gasteiger partial charge in [-0.25, -0.2) is 4.98 Å². The Bertz CT molecular complexity index is 925.